The number of rotatable bonds is 3. The standard InChI is InChI=1S/C45H23N5O/c46-24-27-17-18-29(49-41-15-7-3-12-35(41)44-42(49)20-19-34-33-11-4-8-16-43(33)51-45(34)44)22-36(27)37-23-30(21-28(25-47)38(37)26-48)50-39-13-5-1-9-31(39)32-10-2-6-14-40(32)50/h1-23H. The molecule has 0 unspecified atom stereocenters. The molecule has 0 spiro atoms. The Kier molecular flexibility index (Phi) is 5.97. The molecule has 0 radical (unpaired) electrons. The molecule has 3 heterocycles. The molecule has 10 aromatic rings. The maximum absolute atomic E-state index is 10.5. The predicted octanol–water partition coefficient (Wildman–Crippen LogP) is 11.1. The Morgan fingerprint density at radius 3 is 1.71 bits per heavy atom. The van der Waals surface area contributed by atoms with Gasteiger partial charge >= 0.3 is 0 Å². The Morgan fingerprint density at radius 2 is 1.02 bits per heavy atom. The van der Waals surface area contributed by atoms with E-state index in [1.54, 1.807) is 12.1 Å². The average molecular weight is 650 g/mol. The Hall–Kier alpha value is -7.59. The van der Waals surface area contributed by atoms with E-state index >= 15 is 0 Å². The summed E-state index contributed by atoms with van der Waals surface area (Å²) >= 11 is 0. The molecule has 0 aliphatic heterocycles. The van der Waals surface area contributed by atoms with Crippen LogP contribution in [0.2, 0.25) is 0 Å². The van der Waals surface area contributed by atoms with Gasteiger partial charge in [0.2, 0.25) is 0 Å². The molecule has 0 N–H and O–H groups in total. The summed E-state index contributed by atoms with van der Waals surface area (Å²) < 4.78 is 10.8. The van der Waals surface area contributed by atoms with E-state index in [1.165, 1.54) is 0 Å². The fourth-order valence-corrected chi connectivity index (χ4v) is 7.88. The highest BCUT2D eigenvalue weighted by Crippen LogP contribution is 2.42. The molecule has 10 rings (SSSR count). The molecule has 0 saturated carbocycles. The van der Waals surface area contributed by atoms with Gasteiger partial charge in [-0.3, -0.25) is 0 Å². The molecule has 0 fully saturated rings. The zero-order valence-electron chi connectivity index (χ0n) is 26.9. The highest BCUT2D eigenvalue weighted by Gasteiger charge is 2.22. The van der Waals surface area contributed by atoms with Gasteiger partial charge in [0, 0.05) is 49.4 Å². The molecule has 3 aromatic heterocycles. The lowest BCUT2D eigenvalue weighted by Gasteiger charge is -2.16. The van der Waals surface area contributed by atoms with Crippen LogP contribution in [0.3, 0.4) is 0 Å². The average Bonchev–Trinajstić information content (AvgIpc) is 3.85. The topological polar surface area (TPSA) is 94.4 Å². The van der Waals surface area contributed by atoms with Gasteiger partial charge in [-0.1, -0.05) is 72.8 Å². The first-order valence-electron chi connectivity index (χ1n) is 16.5. The van der Waals surface area contributed by atoms with Gasteiger partial charge in [0.1, 0.15) is 23.3 Å². The van der Waals surface area contributed by atoms with Gasteiger partial charge in [0.05, 0.1) is 50.2 Å². The van der Waals surface area contributed by atoms with E-state index < -0.39 is 0 Å². The van der Waals surface area contributed by atoms with Crippen LogP contribution < -0.4 is 0 Å². The minimum Gasteiger partial charge on any atom is -0.455 e. The summed E-state index contributed by atoms with van der Waals surface area (Å²) in [6.45, 7) is 0. The molecule has 6 heteroatoms. The van der Waals surface area contributed by atoms with Crippen molar-refractivity contribution in [3.63, 3.8) is 0 Å². The van der Waals surface area contributed by atoms with Gasteiger partial charge < -0.3 is 13.6 Å². The van der Waals surface area contributed by atoms with E-state index in [4.69, 9.17) is 4.42 Å². The molecule has 51 heavy (non-hydrogen) atoms. The zero-order valence-corrected chi connectivity index (χ0v) is 26.9. The fraction of sp³-hybridized carbons (Fsp3) is 0. The van der Waals surface area contributed by atoms with Crippen LogP contribution in [0.25, 0.3) is 88.1 Å². The highest BCUT2D eigenvalue weighted by molar-refractivity contribution is 6.23. The number of fused-ring (bicyclic) bond motifs is 10. The fourth-order valence-electron chi connectivity index (χ4n) is 7.88. The van der Waals surface area contributed by atoms with Crippen molar-refractivity contribution in [2.45, 2.75) is 0 Å². The van der Waals surface area contributed by atoms with Crippen molar-refractivity contribution < 1.29 is 4.42 Å². The second-order valence-electron chi connectivity index (χ2n) is 12.6. The van der Waals surface area contributed by atoms with E-state index in [9.17, 15) is 15.8 Å². The summed E-state index contributed by atoms with van der Waals surface area (Å²) in [6, 6.07) is 53.2. The molecule has 0 amide bonds. The lowest BCUT2D eigenvalue weighted by atomic mass is 9.92. The third-order valence-corrected chi connectivity index (χ3v) is 10.0. The molecule has 0 aliphatic carbocycles. The van der Waals surface area contributed by atoms with Crippen LogP contribution in [-0.2, 0) is 0 Å². The van der Waals surface area contributed by atoms with E-state index in [2.05, 4.69) is 81.9 Å². The van der Waals surface area contributed by atoms with E-state index in [0.29, 0.717) is 16.7 Å². The van der Waals surface area contributed by atoms with Crippen molar-refractivity contribution in [1.29, 1.82) is 15.8 Å². The minimum absolute atomic E-state index is 0.224. The van der Waals surface area contributed by atoms with Gasteiger partial charge in [-0.15, -0.1) is 0 Å². The first-order chi connectivity index (χ1) is 25.2. The number of aromatic nitrogens is 2. The molecule has 0 atom stereocenters. The lowest BCUT2D eigenvalue weighted by molar-refractivity contribution is 0.673. The van der Waals surface area contributed by atoms with Gasteiger partial charge in [-0.05, 0) is 66.7 Å². The van der Waals surface area contributed by atoms with Crippen LogP contribution >= 0.6 is 0 Å². The van der Waals surface area contributed by atoms with Crippen molar-refractivity contribution in [3.8, 4) is 40.7 Å². The quantitative estimate of drug-likeness (QED) is 0.190. The number of nitriles is 3. The number of hydrogen-bond acceptors (Lipinski definition) is 4. The number of para-hydroxylation sites is 4. The summed E-state index contributed by atoms with van der Waals surface area (Å²) in [5, 5.41) is 37.7. The molecule has 0 aliphatic rings. The number of benzene rings is 7. The number of nitrogens with zero attached hydrogens (tertiary/aromatic N) is 5. The van der Waals surface area contributed by atoms with Gasteiger partial charge in [0.25, 0.3) is 0 Å². The normalized spacial score (nSPS) is 11.5. The maximum atomic E-state index is 10.5. The molecule has 7 aromatic carbocycles. The predicted molar refractivity (Wildman–Crippen MR) is 202 cm³/mol. The maximum Gasteiger partial charge on any atom is 0.145 e. The largest absolute Gasteiger partial charge is 0.455 e. The number of furan rings is 1. The molecule has 0 saturated heterocycles. The summed E-state index contributed by atoms with van der Waals surface area (Å²) in [5.41, 5.74) is 9.06. The van der Waals surface area contributed by atoms with Crippen molar-refractivity contribution in [2.75, 3.05) is 0 Å². The van der Waals surface area contributed by atoms with Crippen LogP contribution in [0.15, 0.2) is 144 Å². The van der Waals surface area contributed by atoms with E-state index in [-0.39, 0.29) is 11.1 Å². The van der Waals surface area contributed by atoms with Crippen LogP contribution in [0.4, 0.5) is 0 Å². The molecule has 6 nitrogen and oxygen atoms in total. The molecular weight excluding hydrogens is 627 g/mol. The highest BCUT2D eigenvalue weighted by atomic mass is 16.3. The van der Waals surface area contributed by atoms with Crippen LogP contribution in [0.1, 0.15) is 16.7 Å². The summed E-state index contributed by atoms with van der Waals surface area (Å²) in [5.74, 6) is 0. The second kappa shape index (κ2) is 10.7. The summed E-state index contributed by atoms with van der Waals surface area (Å²) in [4.78, 5) is 0. The lowest BCUT2D eigenvalue weighted by Crippen LogP contribution is -2.01. The Morgan fingerprint density at radius 1 is 0.431 bits per heavy atom. The third kappa shape index (κ3) is 3.95. The second-order valence-corrected chi connectivity index (χ2v) is 12.6. The van der Waals surface area contributed by atoms with Crippen molar-refractivity contribution in [1.82, 2.24) is 9.13 Å². The van der Waals surface area contributed by atoms with Crippen molar-refractivity contribution >= 4 is 65.6 Å². The van der Waals surface area contributed by atoms with Crippen molar-refractivity contribution in [3.05, 3.63) is 156 Å². The number of hydrogen-bond donors (Lipinski definition) is 0. The van der Waals surface area contributed by atoms with E-state index in [0.717, 1.165) is 76.9 Å². The monoisotopic (exact) mass is 649 g/mol. The molecule has 0 bridgehead atoms. The summed E-state index contributed by atoms with van der Waals surface area (Å²) in [6.07, 6.45) is 0. The SMILES string of the molecule is N#Cc1ccc(-n2c3ccccc3c3c4oc5ccccc5c4ccc32)cc1-c1cc(-n2c3ccccc3c3ccccc32)cc(C#N)c1C#N. The van der Waals surface area contributed by atoms with Crippen LogP contribution in [-0.4, -0.2) is 9.13 Å². The van der Waals surface area contributed by atoms with Crippen molar-refractivity contribution in [2.24, 2.45) is 0 Å². The van der Waals surface area contributed by atoms with Gasteiger partial charge in [-0.2, -0.15) is 15.8 Å². The zero-order chi connectivity index (χ0) is 34.2. The Balaban J connectivity index is 1.27. The van der Waals surface area contributed by atoms with Crippen LogP contribution in [0, 0.1) is 34.0 Å². The Labute approximate surface area is 291 Å². The first-order valence-corrected chi connectivity index (χ1v) is 16.5. The minimum atomic E-state index is 0.224. The molecular formula is C45H23N5O. The van der Waals surface area contributed by atoms with Gasteiger partial charge in [-0.25, -0.2) is 0 Å². The van der Waals surface area contributed by atoms with E-state index in [1.807, 2.05) is 72.8 Å². The van der Waals surface area contributed by atoms with Crippen LogP contribution in [0.5, 0.6) is 0 Å². The summed E-state index contributed by atoms with van der Waals surface area (Å²) in [7, 11) is 0. The Bertz CT molecular complexity index is 3190. The smallest absolute Gasteiger partial charge is 0.145 e. The first kappa shape index (κ1) is 28.4. The third-order valence-electron chi connectivity index (χ3n) is 10.0. The molecule has 234 valence electrons. The van der Waals surface area contributed by atoms with Gasteiger partial charge in [0.15, 0.2) is 0 Å².